The van der Waals surface area contributed by atoms with Crippen LogP contribution in [0.3, 0.4) is 0 Å². The second kappa shape index (κ2) is 3.44. The predicted molar refractivity (Wildman–Crippen MR) is 44.6 cm³/mol. The third-order valence-corrected chi connectivity index (χ3v) is 2.32. The van der Waals surface area contributed by atoms with Gasteiger partial charge in [-0.1, -0.05) is 16.9 Å². The van der Waals surface area contributed by atoms with E-state index < -0.39 is 9.84 Å². The average molecular weight is 208 g/mol. The monoisotopic (exact) mass is 208 g/mol. The molecule has 1 aromatic rings. The summed E-state index contributed by atoms with van der Waals surface area (Å²) in [5.74, 6) is -0.0533. The van der Waals surface area contributed by atoms with Gasteiger partial charge < -0.3 is 4.52 Å². The second-order valence-corrected chi connectivity index (χ2v) is 5.16. The summed E-state index contributed by atoms with van der Waals surface area (Å²) >= 11 is 1.30. The molecule has 0 saturated carbocycles. The third-order valence-electron chi connectivity index (χ3n) is 1.02. The molecular weight excluding hydrogens is 200 g/mol. The highest BCUT2D eigenvalue weighted by Crippen LogP contribution is 2.10. The molecule has 0 aliphatic carbocycles. The molecule has 1 rings (SSSR count). The van der Waals surface area contributed by atoms with Gasteiger partial charge in [0.25, 0.3) is 0 Å². The molecule has 7 heteroatoms. The van der Waals surface area contributed by atoms with Gasteiger partial charge in [0.1, 0.15) is 5.75 Å². The summed E-state index contributed by atoms with van der Waals surface area (Å²) in [5.41, 5.74) is 0. The second-order valence-electron chi connectivity index (χ2n) is 2.24. The van der Waals surface area contributed by atoms with Gasteiger partial charge in [-0.05, 0) is 6.26 Å². The highest BCUT2D eigenvalue weighted by molar-refractivity contribution is 7.98. The highest BCUT2D eigenvalue weighted by Gasteiger charge is 2.11. The SMILES string of the molecule is CSc1noc(CS(C)(=O)=O)n1. The Labute approximate surface area is 74.5 Å². The first-order chi connectivity index (χ1) is 5.51. The van der Waals surface area contributed by atoms with E-state index in [4.69, 9.17) is 0 Å². The smallest absolute Gasteiger partial charge is 0.242 e. The van der Waals surface area contributed by atoms with Crippen LogP contribution in [-0.2, 0) is 15.6 Å². The predicted octanol–water partition coefficient (Wildman–Crippen LogP) is 0.336. The molecule has 0 aliphatic heterocycles. The zero-order valence-corrected chi connectivity index (χ0v) is 8.28. The lowest BCUT2D eigenvalue weighted by Gasteiger charge is -1.88. The van der Waals surface area contributed by atoms with Crippen LogP contribution >= 0.6 is 11.8 Å². The minimum absolute atomic E-state index is 0.141. The topological polar surface area (TPSA) is 73.1 Å². The van der Waals surface area contributed by atoms with Gasteiger partial charge in [0, 0.05) is 6.26 Å². The first-order valence-corrected chi connectivity index (χ1v) is 6.34. The summed E-state index contributed by atoms with van der Waals surface area (Å²) in [4.78, 5) is 3.82. The Hall–Kier alpha value is -0.560. The van der Waals surface area contributed by atoms with Crippen molar-refractivity contribution in [1.29, 1.82) is 0 Å². The van der Waals surface area contributed by atoms with Crippen LogP contribution in [0.1, 0.15) is 5.89 Å². The van der Waals surface area contributed by atoms with E-state index >= 15 is 0 Å². The Morgan fingerprint density at radius 2 is 2.25 bits per heavy atom. The van der Waals surface area contributed by atoms with E-state index in [0.29, 0.717) is 5.16 Å². The van der Waals surface area contributed by atoms with Crippen molar-refractivity contribution in [2.45, 2.75) is 10.9 Å². The molecule has 0 saturated heterocycles. The maximum Gasteiger partial charge on any atom is 0.242 e. The zero-order chi connectivity index (χ0) is 9.19. The van der Waals surface area contributed by atoms with Gasteiger partial charge in [-0.15, -0.1) is 0 Å². The lowest BCUT2D eigenvalue weighted by Crippen LogP contribution is -2.00. The van der Waals surface area contributed by atoms with E-state index in [2.05, 4.69) is 14.7 Å². The molecule has 0 aromatic carbocycles. The summed E-state index contributed by atoms with van der Waals surface area (Å²) in [5, 5.41) is 3.98. The standard InChI is InChI=1S/C5H8N2O3S2/c1-11-5-6-4(10-7-5)3-12(2,8)9/h3H2,1-2H3. The van der Waals surface area contributed by atoms with Crippen molar-refractivity contribution in [1.82, 2.24) is 10.1 Å². The maximum atomic E-state index is 10.8. The van der Waals surface area contributed by atoms with Crippen LogP contribution in [0.2, 0.25) is 0 Å². The first-order valence-electron chi connectivity index (χ1n) is 3.05. The van der Waals surface area contributed by atoms with Crippen LogP contribution in [0.4, 0.5) is 0 Å². The number of sulfone groups is 1. The number of hydrogen-bond donors (Lipinski definition) is 0. The Morgan fingerprint density at radius 1 is 1.58 bits per heavy atom. The number of hydrogen-bond acceptors (Lipinski definition) is 6. The quantitative estimate of drug-likeness (QED) is 0.667. The zero-order valence-electron chi connectivity index (χ0n) is 6.64. The van der Waals surface area contributed by atoms with Crippen LogP contribution in [-0.4, -0.2) is 31.1 Å². The molecule has 1 heterocycles. The molecular formula is C5H8N2O3S2. The molecule has 0 unspecified atom stereocenters. The first kappa shape index (κ1) is 9.53. The Balaban J connectivity index is 2.78. The van der Waals surface area contributed by atoms with Crippen molar-refractivity contribution < 1.29 is 12.9 Å². The fourth-order valence-corrected chi connectivity index (χ4v) is 1.48. The van der Waals surface area contributed by atoms with Gasteiger partial charge in [-0.25, -0.2) is 8.42 Å². The van der Waals surface area contributed by atoms with Gasteiger partial charge >= 0.3 is 0 Å². The van der Waals surface area contributed by atoms with Crippen molar-refractivity contribution >= 4 is 21.6 Å². The van der Waals surface area contributed by atoms with Crippen LogP contribution in [0.25, 0.3) is 0 Å². The number of rotatable bonds is 3. The summed E-state index contributed by atoms with van der Waals surface area (Å²) < 4.78 is 26.2. The summed E-state index contributed by atoms with van der Waals surface area (Å²) in [6.45, 7) is 0. The van der Waals surface area contributed by atoms with Crippen molar-refractivity contribution in [3.63, 3.8) is 0 Å². The van der Waals surface area contributed by atoms with Crippen LogP contribution in [0, 0.1) is 0 Å². The van der Waals surface area contributed by atoms with Gasteiger partial charge in [0.15, 0.2) is 9.84 Å². The van der Waals surface area contributed by atoms with Gasteiger partial charge in [0.05, 0.1) is 0 Å². The molecule has 1 aromatic heterocycles. The lowest BCUT2D eigenvalue weighted by molar-refractivity contribution is 0.377. The van der Waals surface area contributed by atoms with E-state index in [0.717, 1.165) is 6.26 Å². The van der Waals surface area contributed by atoms with Crippen molar-refractivity contribution in [2.75, 3.05) is 12.5 Å². The maximum absolute atomic E-state index is 10.8. The molecule has 0 amide bonds. The van der Waals surface area contributed by atoms with Gasteiger partial charge in [-0.2, -0.15) is 4.98 Å². The molecule has 0 radical (unpaired) electrons. The van der Waals surface area contributed by atoms with Crippen LogP contribution < -0.4 is 0 Å². The molecule has 68 valence electrons. The molecule has 5 nitrogen and oxygen atoms in total. The minimum Gasteiger partial charge on any atom is -0.337 e. The number of nitrogens with zero attached hydrogens (tertiary/aromatic N) is 2. The molecule has 0 bridgehead atoms. The van der Waals surface area contributed by atoms with Crippen molar-refractivity contribution in [3.8, 4) is 0 Å². The van der Waals surface area contributed by atoms with Crippen molar-refractivity contribution in [3.05, 3.63) is 5.89 Å². The molecule has 0 atom stereocenters. The van der Waals surface area contributed by atoms with E-state index in [1.807, 2.05) is 0 Å². The Bertz CT molecular complexity index is 357. The Morgan fingerprint density at radius 3 is 2.67 bits per heavy atom. The van der Waals surface area contributed by atoms with E-state index in [9.17, 15) is 8.42 Å². The molecule has 0 N–H and O–H groups in total. The molecule has 0 fully saturated rings. The van der Waals surface area contributed by atoms with Gasteiger partial charge in [-0.3, -0.25) is 0 Å². The van der Waals surface area contributed by atoms with E-state index in [1.54, 1.807) is 6.26 Å². The average Bonchev–Trinajstić information content (AvgIpc) is 2.32. The molecule has 0 aliphatic rings. The Kier molecular flexibility index (Phi) is 2.73. The summed E-state index contributed by atoms with van der Waals surface area (Å²) in [7, 11) is -3.08. The highest BCUT2D eigenvalue weighted by atomic mass is 32.2. The fourth-order valence-electron chi connectivity index (χ4n) is 0.605. The molecule has 12 heavy (non-hydrogen) atoms. The largest absolute Gasteiger partial charge is 0.337 e. The summed E-state index contributed by atoms with van der Waals surface area (Å²) in [6.07, 6.45) is 2.91. The third kappa shape index (κ3) is 2.82. The molecule has 0 spiro atoms. The van der Waals surface area contributed by atoms with E-state index in [-0.39, 0.29) is 11.6 Å². The van der Waals surface area contributed by atoms with Gasteiger partial charge in [0.2, 0.25) is 11.0 Å². The van der Waals surface area contributed by atoms with Crippen LogP contribution in [0.15, 0.2) is 9.68 Å². The van der Waals surface area contributed by atoms with E-state index in [1.165, 1.54) is 11.8 Å². The van der Waals surface area contributed by atoms with Crippen LogP contribution in [0.5, 0.6) is 0 Å². The lowest BCUT2D eigenvalue weighted by atomic mass is 10.8. The normalized spacial score (nSPS) is 11.8. The number of aromatic nitrogens is 2. The fraction of sp³-hybridized carbons (Fsp3) is 0.600. The minimum atomic E-state index is -3.08. The summed E-state index contributed by atoms with van der Waals surface area (Å²) in [6, 6.07) is 0. The van der Waals surface area contributed by atoms with Crippen molar-refractivity contribution in [2.24, 2.45) is 0 Å². The number of thioether (sulfide) groups is 1.